The molecule has 2 aromatic carbocycles. The van der Waals surface area contributed by atoms with Crippen LogP contribution in [0.5, 0.6) is 0 Å². The average Bonchev–Trinajstić information content (AvgIpc) is 3.73. The molecule has 70 heavy (non-hydrogen) atoms. The molecule has 2 N–H and O–H groups in total. The number of aromatic nitrogens is 5. The molecule has 2 aliphatic carbocycles. The Kier molecular flexibility index (Phi) is 13.5. The third-order valence-corrected chi connectivity index (χ3v) is 16.0. The van der Waals surface area contributed by atoms with Gasteiger partial charge < -0.3 is 10.6 Å². The molecule has 5 aromatic rings. The van der Waals surface area contributed by atoms with Gasteiger partial charge in [-0.1, -0.05) is 23.7 Å². The van der Waals surface area contributed by atoms with Gasteiger partial charge in [0.2, 0.25) is 15.9 Å². The zero-order chi connectivity index (χ0) is 52.0. The van der Waals surface area contributed by atoms with Gasteiger partial charge in [0.05, 0.1) is 44.7 Å². The molecule has 7 rings (SSSR count). The summed E-state index contributed by atoms with van der Waals surface area (Å²) in [5, 5.41) is 11.5. The number of sulfone groups is 1. The van der Waals surface area contributed by atoms with Gasteiger partial charge >= 0.3 is 12.4 Å². The van der Waals surface area contributed by atoms with E-state index in [-0.39, 0.29) is 56.3 Å². The van der Waals surface area contributed by atoms with E-state index in [1.165, 1.54) is 46.0 Å². The van der Waals surface area contributed by atoms with E-state index in [2.05, 4.69) is 20.8 Å². The van der Waals surface area contributed by atoms with E-state index in [0.717, 1.165) is 24.5 Å². The monoisotopic (exact) mass is 1060 g/mol. The standard InChI is InChI=1S/C43H43ClF10N8O6S2/c1-20(55-4)39(64)62(70(6,67)68)38-33-29(44)10-9-26(35(33)61(59-38)19-41(47,48)49)25-8-7-24(11-12-40(2,3)69(5,65)66)56-34(25)30(15-21-13-22(45)16-23(46)14-21)57-31(63)18-60-37-32(36(58-60)43(52,53)54)27-17-28(27)42(37,50)51/h7-10,13-14,16,20,27-28,30,55H,11-12,15,17-19H2,1-6H3,(H,57,63)/t20-,27-,28?,30-/m0/s1. The van der Waals surface area contributed by atoms with E-state index < -0.39 is 148 Å². The Morgan fingerprint density at radius 2 is 1.57 bits per heavy atom. The third-order valence-electron chi connectivity index (χ3n) is 12.5. The molecule has 0 aliphatic heterocycles. The van der Waals surface area contributed by atoms with Gasteiger partial charge in [-0.2, -0.15) is 49.6 Å². The minimum Gasteiger partial charge on any atom is -0.346 e. The molecule has 27 heteroatoms. The highest BCUT2D eigenvalue weighted by atomic mass is 35.5. The Morgan fingerprint density at radius 3 is 2.14 bits per heavy atom. The van der Waals surface area contributed by atoms with Crippen molar-refractivity contribution in [2.75, 3.05) is 23.9 Å². The van der Waals surface area contributed by atoms with Crippen molar-refractivity contribution in [2.24, 2.45) is 5.92 Å². The van der Waals surface area contributed by atoms with Crippen molar-refractivity contribution in [3.05, 3.63) is 93.0 Å². The number of aryl methyl sites for hydroxylation is 1. The molecule has 0 spiro atoms. The normalized spacial score (nSPS) is 17.8. The van der Waals surface area contributed by atoms with Gasteiger partial charge in [-0.25, -0.2) is 25.6 Å². The van der Waals surface area contributed by atoms with Gasteiger partial charge in [0.1, 0.15) is 30.4 Å². The van der Waals surface area contributed by atoms with Crippen LogP contribution in [0.15, 0.2) is 42.5 Å². The summed E-state index contributed by atoms with van der Waals surface area (Å²) in [7, 11) is -7.11. The van der Waals surface area contributed by atoms with E-state index in [1.54, 1.807) is 0 Å². The average molecular weight is 1060 g/mol. The number of carbonyl (C=O) groups is 2. The predicted octanol–water partition coefficient (Wildman–Crippen LogP) is 7.77. The molecular formula is C43H43ClF10N8O6S2. The fourth-order valence-electron chi connectivity index (χ4n) is 8.54. The van der Waals surface area contributed by atoms with Crippen LogP contribution in [-0.2, 0) is 67.5 Å². The first-order valence-corrected chi connectivity index (χ1v) is 25.2. The number of nitrogens with one attached hydrogen (secondary N) is 2. The molecule has 1 fully saturated rings. The molecule has 14 nitrogen and oxygen atoms in total. The van der Waals surface area contributed by atoms with E-state index in [4.69, 9.17) is 16.6 Å². The molecular weight excluding hydrogens is 1010 g/mol. The van der Waals surface area contributed by atoms with Crippen molar-refractivity contribution in [1.82, 2.24) is 35.2 Å². The highest BCUT2D eigenvalue weighted by molar-refractivity contribution is 7.93. The van der Waals surface area contributed by atoms with Crippen molar-refractivity contribution in [3.63, 3.8) is 0 Å². The molecule has 380 valence electrons. The number of fused-ring (bicyclic) bond motifs is 4. The number of amides is 2. The van der Waals surface area contributed by atoms with Crippen LogP contribution in [0.3, 0.4) is 0 Å². The van der Waals surface area contributed by atoms with Crippen molar-refractivity contribution < 1.29 is 70.3 Å². The van der Waals surface area contributed by atoms with Gasteiger partial charge in [0.15, 0.2) is 21.3 Å². The summed E-state index contributed by atoms with van der Waals surface area (Å²) in [4.78, 5) is 32.5. The van der Waals surface area contributed by atoms with Crippen LogP contribution >= 0.6 is 11.6 Å². The van der Waals surface area contributed by atoms with Crippen molar-refractivity contribution >= 4 is 60.0 Å². The summed E-state index contributed by atoms with van der Waals surface area (Å²) in [5.74, 6) is -12.0. The molecule has 4 atom stereocenters. The number of pyridine rings is 1. The van der Waals surface area contributed by atoms with Crippen LogP contribution in [0.4, 0.5) is 49.7 Å². The van der Waals surface area contributed by atoms with Gasteiger partial charge in [0, 0.05) is 40.6 Å². The Morgan fingerprint density at radius 1 is 0.943 bits per heavy atom. The van der Waals surface area contributed by atoms with Crippen molar-refractivity contribution in [1.29, 1.82) is 0 Å². The summed E-state index contributed by atoms with van der Waals surface area (Å²) in [6, 6.07) is 4.13. The smallest absolute Gasteiger partial charge is 0.346 e. The summed E-state index contributed by atoms with van der Waals surface area (Å²) in [5.41, 5.74) is -5.01. The number of benzene rings is 2. The van der Waals surface area contributed by atoms with Crippen LogP contribution in [0.1, 0.15) is 79.5 Å². The topological polar surface area (TPSA) is 178 Å². The molecule has 1 saturated carbocycles. The van der Waals surface area contributed by atoms with E-state index in [0.29, 0.717) is 17.0 Å². The number of carbonyl (C=O) groups excluding carboxylic acids is 2. The maximum atomic E-state index is 15.6. The summed E-state index contributed by atoms with van der Waals surface area (Å²) in [6.45, 7) is 0.921. The number of hydrogen-bond acceptors (Lipinski definition) is 10. The molecule has 3 aromatic heterocycles. The fraction of sp³-hybridized carbons (Fsp3) is 0.465. The number of likely N-dealkylation sites (N-methyl/N-ethyl adjacent to an activating group) is 1. The lowest BCUT2D eigenvalue weighted by molar-refractivity contribution is -0.143. The van der Waals surface area contributed by atoms with Crippen molar-refractivity contribution in [2.45, 2.75) is 101 Å². The van der Waals surface area contributed by atoms with Gasteiger partial charge in [0.25, 0.3) is 11.8 Å². The molecule has 2 aliphatic rings. The second-order valence-corrected chi connectivity index (χ2v) is 22.9. The van der Waals surface area contributed by atoms with Crippen LogP contribution in [0, 0.1) is 17.6 Å². The number of rotatable bonds is 16. The first-order valence-electron chi connectivity index (χ1n) is 21.1. The maximum absolute atomic E-state index is 15.6. The first kappa shape index (κ1) is 52.5. The van der Waals surface area contributed by atoms with Crippen LogP contribution in [0.25, 0.3) is 22.0 Å². The number of hydrogen-bond donors (Lipinski definition) is 2. The Balaban J connectivity index is 1.47. The van der Waals surface area contributed by atoms with E-state index in [1.807, 2.05) is 0 Å². The second kappa shape index (κ2) is 18.1. The van der Waals surface area contributed by atoms with Gasteiger partial charge in [-0.3, -0.25) is 23.9 Å². The zero-order valence-corrected chi connectivity index (χ0v) is 40.1. The minimum atomic E-state index is -5.20. The Hall–Kier alpha value is -5.34. The van der Waals surface area contributed by atoms with E-state index >= 15 is 8.78 Å². The fourth-order valence-corrected chi connectivity index (χ4v) is 10.2. The van der Waals surface area contributed by atoms with Crippen LogP contribution < -0.4 is 14.9 Å². The maximum Gasteiger partial charge on any atom is 0.435 e. The Labute approximate surface area is 398 Å². The number of nitrogens with zero attached hydrogens (tertiary/aromatic N) is 6. The molecule has 3 heterocycles. The summed E-state index contributed by atoms with van der Waals surface area (Å²) >= 11 is 6.64. The van der Waals surface area contributed by atoms with Crippen LogP contribution in [-0.4, -0.2) is 89.7 Å². The largest absolute Gasteiger partial charge is 0.435 e. The number of halogens is 11. The summed E-state index contributed by atoms with van der Waals surface area (Å²) in [6.07, 6.45) is -9.83. The van der Waals surface area contributed by atoms with E-state index in [9.17, 15) is 61.5 Å². The Bertz CT molecular complexity index is 3140. The molecule has 0 bridgehead atoms. The van der Waals surface area contributed by atoms with Crippen LogP contribution in [0.2, 0.25) is 5.02 Å². The quantitative estimate of drug-likeness (QED) is 0.0928. The SMILES string of the molecule is CN[C@@H](C)C(=O)N(c1nn(CC(F)(F)F)c2c(-c3ccc(CCC(C)(C)S(C)(=O)=O)nc3[C@H](Cc3cc(F)cc(F)c3)NC(=O)Cn3nc(C(F)(F)F)c4c3C(F)(F)C3C[C@H]43)ccc(Cl)c12)S(C)(=O)=O. The second-order valence-electron chi connectivity index (χ2n) is 18.0. The van der Waals surface area contributed by atoms with Crippen molar-refractivity contribution in [3.8, 4) is 11.1 Å². The van der Waals surface area contributed by atoms with Gasteiger partial charge in [-0.15, -0.1) is 0 Å². The molecule has 1 unspecified atom stereocenters. The number of alkyl halides is 8. The minimum absolute atomic E-state index is 0.0725. The zero-order valence-electron chi connectivity index (χ0n) is 37.7. The highest BCUT2D eigenvalue weighted by Gasteiger charge is 2.68. The number of sulfonamides is 1. The third kappa shape index (κ3) is 10.2. The first-order chi connectivity index (χ1) is 32.1. The lowest BCUT2D eigenvalue weighted by atomic mass is 9.93. The highest BCUT2D eigenvalue weighted by Crippen LogP contribution is 2.68. The van der Waals surface area contributed by atoms with Gasteiger partial charge in [-0.05, 0) is 89.2 Å². The molecule has 0 saturated heterocycles. The molecule has 0 radical (unpaired) electrons. The number of anilines is 1. The molecule has 2 amide bonds. The summed E-state index contributed by atoms with van der Waals surface area (Å²) < 4.78 is 198. The predicted molar refractivity (Wildman–Crippen MR) is 235 cm³/mol. The lowest BCUT2D eigenvalue weighted by Gasteiger charge is -2.25. The lowest BCUT2D eigenvalue weighted by Crippen LogP contribution is -2.46.